The minimum atomic E-state index is -0.500. The van der Waals surface area contributed by atoms with Crippen molar-refractivity contribution in [3.8, 4) is 22.4 Å². The molecule has 3 aromatic heterocycles. The lowest BCUT2D eigenvalue weighted by Gasteiger charge is -2.28. The molecular formula is C28H33FN7P. The van der Waals surface area contributed by atoms with Gasteiger partial charge in [0, 0.05) is 31.9 Å². The van der Waals surface area contributed by atoms with Crippen molar-refractivity contribution in [3.63, 3.8) is 0 Å². The Labute approximate surface area is 219 Å². The maximum atomic E-state index is 15.2. The predicted octanol–water partition coefficient (Wildman–Crippen LogP) is 5.44. The van der Waals surface area contributed by atoms with Crippen molar-refractivity contribution in [3.05, 3.63) is 60.6 Å². The quantitative estimate of drug-likeness (QED) is 0.345. The molecule has 0 amide bonds. The standard InChI is InChI=1S/C28H33FN7P/c1-17-34(3)22-15-31-28-24(26(22)35(17)20-11-4-5-12-20)23(19-10-6-8-18(14-19)9-7-13-30)25(36(28)37)21-16-33(2)32-27(21)29/h6,8,10,14-16,20H,1,4-5,7,9,11-13,30,37H2,2-3H3. The van der Waals surface area contributed by atoms with E-state index in [9.17, 15) is 0 Å². The van der Waals surface area contributed by atoms with Crippen molar-refractivity contribution < 1.29 is 4.39 Å². The van der Waals surface area contributed by atoms with Crippen molar-refractivity contribution in [2.75, 3.05) is 23.4 Å². The summed E-state index contributed by atoms with van der Waals surface area (Å²) in [5, 5.41) is 5.04. The van der Waals surface area contributed by atoms with Gasteiger partial charge in [-0.2, -0.15) is 4.39 Å². The second-order valence-corrected chi connectivity index (χ2v) is 10.7. The molecule has 1 unspecified atom stereocenters. The Morgan fingerprint density at radius 1 is 1.22 bits per heavy atom. The molecule has 9 heteroatoms. The number of anilines is 2. The topological polar surface area (TPSA) is 68.1 Å². The minimum Gasteiger partial charge on any atom is -0.330 e. The lowest BCUT2D eigenvalue weighted by atomic mass is 9.96. The van der Waals surface area contributed by atoms with Crippen LogP contribution in [0.4, 0.5) is 15.8 Å². The van der Waals surface area contributed by atoms with Crippen LogP contribution in [-0.2, 0) is 13.5 Å². The zero-order valence-electron chi connectivity index (χ0n) is 21.4. The molecule has 2 N–H and O–H groups in total. The number of nitrogens with zero attached hydrogens (tertiary/aromatic N) is 6. The largest absolute Gasteiger partial charge is 0.330 e. The van der Waals surface area contributed by atoms with Crippen molar-refractivity contribution >= 4 is 31.8 Å². The normalized spacial score (nSPS) is 16.0. The van der Waals surface area contributed by atoms with Gasteiger partial charge in [-0.3, -0.25) is 4.68 Å². The van der Waals surface area contributed by atoms with Gasteiger partial charge in [-0.15, -0.1) is 5.10 Å². The predicted molar refractivity (Wildman–Crippen MR) is 152 cm³/mol. The molecule has 4 heterocycles. The van der Waals surface area contributed by atoms with Crippen molar-refractivity contribution in [2.24, 2.45) is 12.8 Å². The molecule has 1 saturated carbocycles. The van der Waals surface area contributed by atoms with E-state index in [0.717, 1.165) is 70.7 Å². The highest BCUT2D eigenvalue weighted by atomic mass is 31.0. The molecule has 7 nitrogen and oxygen atoms in total. The fraction of sp³-hybridized carbons (Fsp3) is 0.357. The van der Waals surface area contributed by atoms with Gasteiger partial charge in [0.15, 0.2) is 0 Å². The van der Waals surface area contributed by atoms with Crippen LogP contribution in [-0.4, -0.2) is 38.7 Å². The Morgan fingerprint density at radius 3 is 2.70 bits per heavy atom. The van der Waals surface area contributed by atoms with Crippen LogP contribution in [0.5, 0.6) is 0 Å². The van der Waals surface area contributed by atoms with Crippen molar-refractivity contribution in [2.45, 2.75) is 44.6 Å². The Balaban J connectivity index is 1.70. The Morgan fingerprint density at radius 2 is 2.00 bits per heavy atom. The molecule has 1 aromatic carbocycles. The fourth-order valence-electron chi connectivity index (χ4n) is 6.07. The van der Waals surface area contributed by atoms with E-state index in [1.165, 1.54) is 23.1 Å². The highest BCUT2D eigenvalue weighted by Gasteiger charge is 2.38. The number of hydrogen-bond acceptors (Lipinski definition) is 5. The summed E-state index contributed by atoms with van der Waals surface area (Å²) in [4.78, 5) is 9.44. The Bertz CT molecular complexity index is 1510. The molecule has 0 saturated heterocycles. The van der Waals surface area contributed by atoms with Crippen molar-refractivity contribution in [1.29, 1.82) is 0 Å². The number of hydrogen-bond donors (Lipinski definition) is 1. The number of benzene rings is 1. The van der Waals surface area contributed by atoms with Crippen LogP contribution < -0.4 is 15.5 Å². The Hall–Kier alpha value is -3.22. The number of fused-ring (bicyclic) bond motifs is 3. The molecule has 1 fully saturated rings. The summed E-state index contributed by atoms with van der Waals surface area (Å²) in [5.74, 6) is 0.463. The average Bonchev–Trinajstić information content (AvgIpc) is 3.64. The number of rotatable bonds is 6. The molecule has 2 aliphatic rings. The maximum absolute atomic E-state index is 15.2. The second-order valence-electron chi connectivity index (χ2n) is 10.2. The van der Waals surface area contributed by atoms with E-state index in [0.29, 0.717) is 18.2 Å². The number of nitrogens with two attached hydrogens (primary N) is 1. The third-order valence-corrected chi connectivity index (χ3v) is 8.35. The monoisotopic (exact) mass is 517 g/mol. The van der Waals surface area contributed by atoms with Crippen LogP contribution in [0.1, 0.15) is 37.7 Å². The zero-order chi connectivity index (χ0) is 25.8. The Kier molecular flexibility index (Phi) is 6.04. The van der Waals surface area contributed by atoms with Crippen LogP contribution in [0.3, 0.4) is 0 Å². The molecule has 1 aliphatic carbocycles. The first kappa shape index (κ1) is 24.1. The van der Waals surface area contributed by atoms with Gasteiger partial charge in [0.2, 0.25) is 5.95 Å². The average molecular weight is 518 g/mol. The van der Waals surface area contributed by atoms with E-state index in [4.69, 9.17) is 10.7 Å². The number of aryl methyl sites for hydroxylation is 2. The molecule has 1 atom stereocenters. The zero-order valence-corrected chi connectivity index (χ0v) is 22.6. The van der Waals surface area contributed by atoms with Crippen molar-refractivity contribution in [1.82, 2.24) is 19.1 Å². The van der Waals surface area contributed by atoms with E-state index < -0.39 is 5.95 Å². The maximum Gasteiger partial charge on any atom is 0.241 e. The van der Waals surface area contributed by atoms with Gasteiger partial charge in [-0.1, -0.05) is 43.7 Å². The molecular weight excluding hydrogens is 484 g/mol. The first-order valence-electron chi connectivity index (χ1n) is 12.9. The summed E-state index contributed by atoms with van der Waals surface area (Å²) in [7, 11) is 6.56. The molecule has 0 bridgehead atoms. The van der Waals surface area contributed by atoms with E-state index >= 15 is 4.39 Å². The highest BCUT2D eigenvalue weighted by molar-refractivity contribution is 7.15. The van der Waals surface area contributed by atoms with Gasteiger partial charge < -0.3 is 19.9 Å². The summed E-state index contributed by atoms with van der Waals surface area (Å²) >= 11 is 0. The number of halogens is 1. The minimum absolute atomic E-state index is 0.386. The van der Waals surface area contributed by atoms with Crippen LogP contribution in [0.15, 0.2) is 49.1 Å². The van der Waals surface area contributed by atoms with E-state index in [-0.39, 0.29) is 0 Å². The lowest BCUT2D eigenvalue weighted by molar-refractivity contribution is 0.555. The van der Waals surface area contributed by atoms with E-state index in [1.807, 2.05) is 10.5 Å². The second kappa shape index (κ2) is 9.26. The van der Waals surface area contributed by atoms with E-state index in [1.54, 1.807) is 13.2 Å². The van der Waals surface area contributed by atoms with Gasteiger partial charge >= 0.3 is 0 Å². The number of aromatic nitrogens is 4. The van der Waals surface area contributed by atoms with Gasteiger partial charge in [0.25, 0.3) is 0 Å². The van der Waals surface area contributed by atoms with Gasteiger partial charge in [0.1, 0.15) is 11.5 Å². The molecule has 192 valence electrons. The number of pyridine rings is 1. The van der Waals surface area contributed by atoms with Gasteiger partial charge in [-0.05, 0) is 52.7 Å². The molecule has 4 aromatic rings. The van der Waals surface area contributed by atoms with Crippen LogP contribution in [0.25, 0.3) is 33.4 Å². The first-order valence-corrected chi connectivity index (χ1v) is 13.5. The van der Waals surface area contributed by atoms with Crippen LogP contribution in [0, 0.1) is 5.95 Å². The van der Waals surface area contributed by atoms with Gasteiger partial charge in [0.05, 0.1) is 34.2 Å². The molecule has 1 aliphatic heterocycles. The first-order chi connectivity index (χ1) is 17.9. The summed E-state index contributed by atoms with van der Waals surface area (Å²) in [5.41, 5.74) is 13.1. The third-order valence-electron chi connectivity index (χ3n) is 7.85. The summed E-state index contributed by atoms with van der Waals surface area (Å²) in [6.45, 7) is 5.11. The summed E-state index contributed by atoms with van der Waals surface area (Å²) in [6, 6.07) is 8.91. The van der Waals surface area contributed by atoms with E-state index in [2.05, 4.69) is 62.2 Å². The SMILES string of the molecule is C=C1N(C)c2cnc3c(c(-c4cccc(CCCN)c4)c(-c4cn(C)nc4F)n3P)c2N1C1CCCC1. The molecule has 0 radical (unpaired) electrons. The smallest absolute Gasteiger partial charge is 0.241 e. The summed E-state index contributed by atoms with van der Waals surface area (Å²) in [6.07, 6.45) is 10.2. The van der Waals surface area contributed by atoms with Gasteiger partial charge in [-0.25, -0.2) is 4.98 Å². The molecule has 6 rings (SSSR count). The lowest BCUT2D eigenvalue weighted by Crippen LogP contribution is -2.33. The molecule has 37 heavy (non-hydrogen) atoms. The third kappa shape index (κ3) is 3.77. The summed E-state index contributed by atoms with van der Waals surface area (Å²) < 4.78 is 18.7. The fourth-order valence-corrected chi connectivity index (χ4v) is 6.53. The highest BCUT2D eigenvalue weighted by Crippen LogP contribution is 2.53. The van der Waals surface area contributed by atoms with Crippen LogP contribution in [0.2, 0.25) is 0 Å². The van der Waals surface area contributed by atoms with Crippen LogP contribution >= 0.6 is 9.39 Å². The molecule has 0 spiro atoms.